The highest BCUT2D eigenvalue weighted by molar-refractivity contribution is 9.10. The molecule has 0 saturated carbocycles. The van der Waals surface area contributed by atoms with E-state index in [2.05, 4.69) is 26.2 Å². The van der Waals surface area contributed by atoms with Crippen LogP contribution < -0.4 is 10.2 Å². The van der Waals surface area contributed by atoms with Crippen molar-refractivity contribution in [1.82, 2.24) is 4.98 Å². The van der Waals surface area contributed by atoms with E-state index in [-0.39, 0.29) is 11.3 Å². The lowest BCUT2D eigenvalue weighted by Gasteiger charge is -2.18. The van der Waals surface area contributed by atoms with E-state index < -0.39 is 17.6 Å². The molecule has 1 aromatic carbocycles. The van der Waals surface area contributed by atoms with Crippen molar-refractivity contribution in [3.8, 4) is 0 Å². The summed E-state index contributed by atoms with van der Waals surface area (Å²) in [4.78, 5) is 17.5. The third kappa shape index (κ3) is 4.22. The smallest absolute Gasteiger partial charge is 0.378 e. The Kier molecular flexibility index (Phi) is 4.93. The Morgan fingerprint density at radius 2 is 1.91 bits per heavy atom. The molecule has 122 valence electrons. The summed E-state index contributed by atoms with van der Waals surface area (Å²) < 4.78 is 40.2. The summed E-state index contributed by atoms with van der Waals surface area (Å²) in [5.41, 5.74) is -0.656. The zero-order chi connectivity index (χ0) is 17.2. The van der Waals surface area contributed by atoms with Crippen LogP contribution in [0.2, 0.25) is 0 Å². The van der Waals surface area contributed by atoms with Crippen molar-refractivity contribution in [2.24, 2.45) is 0 Å². The second-order valence-electron chi connectivity index (χ2n) is 4.97. The first kappa shape index (κ1) is 17.3. The number of pyridine rings is 1. The minimum absolute atomic E-state index is 0.157. The Labute approximate surface area is 139 Å². The minimum Gasteiger partial charge on any atom is -0.378 e. The van der Waals surface area contributed by atoms with Gasteiger partial charge in [0.05, 0.1) is 16.8 Å². The van der Waals surface area contributed by atoms with Crippen LogP contribution in [0, 0.1) is 0 Å². The van der Waals surface area contributed by atoms with Crippen molar-refractivity contribution in [3.05, 3.63) is 52.3 Å². The number of benzene rings is 1. The number of nitrogens with one attached hydrogen (secondary N) is 1. The van der Waals surface area contributed by atoms with Crippen molar-refractivity contribution in [2.75, 3.05) is 24.3 Å². The van der Waals surface area contributed by atoms with Crippen LogP contribution in [0.15, 0.2) is 41.1 Å². The molecule has 0 saturated heterocycles. The fourth-order valence-corrected chi connectivity index (χ4v) is 2.25. The van der Waals surface area contributed by atoms with E-state index in [0.29, 0.717) is 10.2 Å². The van der Waals surface area contributed by atoms with Crippen LogP contribution in [0.4, 0.5) is 24.5 Å². The zero-order valence-electron chi connectivity index (χ0n) is 12.3. The van der Waals surface area contributed by atoms with Gasteiger partial charge in [-0.25, -0.2) is 0 Å². The van der Waals surface area contributed by atoms with Crippen LogP contribution in [0.5, 0.6) is 0 Å². The largest absolute Gasteiger partial charge is 0.418 e. The Morgan fingerprint density at radius 3 is 2.48 bits per heavy atom. The number of hydrogen-bond acceptors (Lipinski definition) is 3. The molecule has 2 aromatic rings. The van der Waals surface area contributed by atoms with Gasteiger partial charge in [-0.1, -0.05) is 0 Å². The van der Waals surface area contributed by atoms with E-state index in [4.69, 9.17) is 0 Å². The normalized spacial score (nSPS) is 11.2. The Balaban J connectivity index is 2.37. The van der Waals surface area contributed by atoms with Crippen LogP contribution in [0.25, 0.3) is 0 Å². The molecule has 0 bridgehead atoms. The number of aromatic nitrogens is 1. The molecule has 1 aromatic heterocycles. The first-order chi connectivity index (χ1) is 10.7. The van der Waals surface area contributed by atoms with Gasteiger partial charge >= 0.3 is 6.18 Å². The average molecular weight is 388 g/mol. The van der Waals surface area contributed by atoms with Gasteiger partial charge in [-0.05, 0) is 40.2 Å². The first-order valence-electron chi connectivity index (χ1n) is 6.49. The van der Waals surface area contributed by atoms with Gasteiger partial charge in [0.2, 0.25) is 0 Å². The standard InChI is InChI=1S/C15H13BrF3N3O/c1-22(2)11-3-4-13(12(6-11)15(17,18)19)21-14(23)9-5-10(16)8-20-7-9/h3-8H,1-2H3,(H,21,23). The van der Waals surface area contributed by atoms with Crippen LogP contribution in [-0.4, -0.2) is 25.0 Å². The van der Waals surface area contributed by atoms with Crippen molar-refractivity contribution in [2.45, 2.75) is 6.18 Å². The van der Waals surface area contributed by atoms with Gasteiger partial charge in [0, 0.05) is 36.6 Å². The number of nitrogens with zero attached hydrogens (tertiary/aromatic N) is 2. The number of carbonyl (C=O) groups is 1. The molecule has 8 heteroatoms. The molecule has 1 N–H and O–H groups in total. The average Bonchev–Trinajstić information content (AvgIpc) is 2.46. The Hall–Kier alpha value is -2.09. The lowest BCUT2D eigenvalue weighted by Crippen LogP contribution is -2.18. The molecule has 0 atom stereocenters. The minimum atomic E-state index is -4.58. The molecule has 0 unspecified atom stereocenters. The highest BCUT2D eigenvalue weighted by atomic mass is 79.9. The third-order valence-corrected chi connectivity index (χ3v) is 3.47. The molecular formula is C15H13BrF3N3O. The van der Waals surface area contributed by atoms with E-state index in [1.807, 2.05) is 0 Å². The lowest BCUT2D eigenvalue weighted by atomic mass is 10.1. The summed E-state index contributed by atoms with van der Waals surface area (Å²) in [6.45, 7) is 0. The maximum absolute atomic E-state index is 13.2. The lowest BCUT2D eigenvalue weighted by molar-refractivity contribution is -0.136. The topological polar surface area (TPSA) is 45.2 Å². The predicted molar refractivity (Wildman–Crippen MR) is 85.7 cm³/mol. The first-order valence-corrected chi connectivity index (χ1v) is 7.28. The van der Waals surface area contributed by atoms with Crippen LogP contribution in [0.3, 0.4) is 0 Å². The van der Waals surface area contributed by atoms with Gasteiger partial charge in [-0.3, -0.25) is 9.78 Å². The number of carbonyl (C=O) groups excluding carboxylic acids is 1. The second-order valence-corrected chi connectivity index (χ2v) is 5.88. The molecule has 1 heterocycles. The maximum Gasteiger partial charge on any atom is 0.418 e. The molecule has 0 fully saturated rings. The summed E-state index contributed by atoms with van der Waals surface area (Å²) in [5, 5.41) is 2.29. The molecule has 0 radical (unpaired) electrons. The van der Waals surface area contributed by atoms with Crippen LogP contribution in [-0.2, 0) is 6.18 Å². The quantitative estimate of drug-likeness (QED) is 0.858. The van der Waals surface area contributed by atoms with Gasteiger partial charge in [-0.15, -0.1) is 0 Å². The van der Waals surface area contributed by atoms with Gasteiger partial charge in [0.1, 0.15) is 0 Å². The highest BCUT2D eigenvalue weighted by Gasteiger charge is 2.34. The summed E-state index contributed by atoms with van der Waals surface area (Å²) in [5.74, 6) is -0.665. The van der Waals surface area contributed by atoms with Crippen molar-refractivity contribution in [3.63, 3.8) is 0 Å². The van der Waals surface area contributed by atoms with E-state index in [1.54, 1.807) is 19.0 Å². The van der Waals surface area contributed by atoms with Crippen molar-refractivity contribution >= 4 is 33.2 Å². The third-order valence-electron chi connectivity index (χ3n) is 3.04. The zero-order valence-corrected chi connectivity index (χ0v) is 13.9. The fraction of sp³-hybridized carbons (Fsp3) is 0.200. The Bertz CT molecular complexity index is 732. The molecule has 2 rings (SSSR count). The Morgan fingerprint density at radius 1 is 1.22 bits per heavy atom. The van der Waals surface area contributed by atoms with Crippen molar-refractivity contribution < 1.29 is 18.0 Å². The number of rotatable bonds is 3. The fourth-order valence-electron chi connectivity index (χ4n) is 1.88. The highest BCUT2D eigenvalue weighted by Crippen LogP contribution is 2.37. The molecule has 0 spiro atoms. The predicted octanol–water partition coefficient (Wildman–Crippen LogP) is 4.18. The monoisotopic (exact) mass is 387 g/mol. The van der Waals surface area contributed by atoms with E-state index >= 15 is 0 Å². The van der Waals surface area contributed by atoms with Gasteiger partial charge < -0.3 is 10.2 Å². The number of amides is 1. The summed E-state index contributed by atoms with van der Waals surface area (Å²) in [6.07, 6.45) is -1.82. The van der Waals surface area contributed by atoms with Crippen LogP contribution >= 0.6 is 15.9 Å². The van der Waals surface area contributed by atoms with Gasteiger partial charge in [0.25, 0.3) is 5.91 Å². The van der Waals surface area contributed by atoms with Crippen molar-refractivity contribution in [1.29, 1.82) is 0 Å². The number of halogens is 4. The molecule has 1 amide bonds. The SMILES string of the molecule is CN(C)c1ccc(NC(=O)c2cncc(Br)c2)c(C(F)(F)F)c1. The number of hydrogen-bond donors (Lipinski definition) is 1. The van der Waals surface area contributed by atoms with Gasteiger partial charge in [-0.2, -0.15) is 13.2 Å². The molecule has 23 heavy (non-hydrogen) atoms. The molecule has 0 aliphatic heterocycles. The summed E-state index contributed by atoms with van der Waals surface area (Å²) >= 11 is 3.16. The number of anilines is 2. The van der Waals surface area contributed by atoms with E-state index in [0.717, 1.165) is 6.07 Å². The molecule has 4 nitrogen and oxygen atoms in total. The van der Waals surface area contributed by atoms with E-state index in [9.17, 15) is 18.0 Å². The number of alkyl halides is 3. The molecule has 0 aliphatic rings. The molecular weight excluding hydrogens is 375 g/mol. The summed E-state index contributed by atoms with van der Waals surface area (Å²) in [7, 11) is 3.28. The summed E-state index contributed by atoms with van der Waals surface area (Å²) in [6, 6.07) is 5.21. The van der Waals surface area contributed by atoms with E-state index in [1.165, 1.54) is 30.6 Å². The molecule has 0 aliphatic carbocycles. The van der Waals surface area contributed by atoms with Gasteiger partial charge in [0.15, 0.2) is 0 Å². The second kappa shape index (κ2) is 6.57. The maximum atomic E-state index is 13.2. The van der Waals surface area contributed by atoms with Crippen LogP contribution in [0.1, 0.15) is 15.9 Å².